The summed E-state index contributed by atoms with van der Waals surface area (Å²) in [4.78, 5) is 14.2. The molecule has 0 aromatic carbocycles. The van der Waals surface area contributed by atoms with Crippen LogP contribution in [-0.2, 0) is 4.79 Å². The van der Waals surface area contributed by atoms with Gasteiger partial charge in [-0.05, 0) is 40.5 Å². The predicted molar refractivity (Wildman–Crippen MR) is 68.5 cm³/mol. The van der Waals surface area contributed by atoms with Crippen LogP contribution in [0.3, 0.4) is 0 Å². The molecule has 1 saturated carbocycles. The highest BCUT2D eigenvalue weighted by atomic mass is 16.3. The van der Waals surface area contributed by atoms with E-state index in [4.69, 9.17) is 5.73 Å². The second-order valence-electron chi connectivity index (χ2n) is 6.05. The molecule has 0 saturated heterocycles. The van der Waals surface area contributed by atoms with E-state index in [1.54, 1.807) is 18.7 Å². The van der Waals surface area contributed by atoms with Crippen molar-refractivity contribution in [3.05, 3.63) is 0 Å². The van der Waals surface area contributed by atoms with Gasteiger partial charge in [0.25, 0.3) is 0 Å². The van der Waals surface area contributed by atoms with Crippen molar-refractivity contribution in [2.75, 3.05) is 13.1 Å². The van der Waals surface area contributed by atoms with Crippen molar-refractivity contribution in [2.45, 2.75) is 58.6 Å². The number of likely N-dealkylation sites (N-methyl/N-ethyl adjacent to an activating group) is 1. The van der Waals surface area contributed by atoms with Gasteiger partial charge < -0.3 is 15.7 Å². The molecule has 0 radical (unpaired) electrons. The van der Waals surface area contributed by atoms with Crippen LogP contribution in [-0.4, -0.2) is 40.6 Å². The van der Waals surface area contributed by atoms with Gasteiger partial charge in [0, 0.05) is 19.1 Å². The zero-order valence-corrected chi connectivity index (χ0v) is 11.5. The Morgan fingerprint density at radius 2 is 2.18 bits per heavy atom. The molecule has 1 fully saturated rings. The maximum Gasteiger partial charge on any atom is 0.230 e. The topological polar surface area (TPSA) is 66.6 Å². The SMILES string of the molecule is CCN(CC(C)(C)O)C(=O)C1(C)CCCC1N. The fraction of sp³-hybridized carbons (Fsp3) is 0.923. The number of nitrogens with two attached hydrogens (primary N) is 1. The summed E-state index contributed by atoms with van der Waals surface area (Å²) in [6.45, 7) is 8.32. The maximum atomic E-state index is 12.5. The van der Waals surface area contributed by atoms with Crippen LogP contribution in [0.4, 0.5) is 0 Å². The highest BCUT2D eigenvalue weighted by molar-refractivity contribution is 5.83. The maximum absolute atomic E-state index is 12.5. The smallest absolute Gasteiger partial charge is 0.230 e. The van der Waals surface area contributed by atoms with Gasteiger partial charge in [-0.2, -0.15) is 0 Å². The second kappa shape index (κ2) is 4.94. The number of rotatable bonds is 4. The number of amides is 1. The van der Waals surface area contributed by atoms with Crippen molar-refractivity contribution in [1.29, 1.82) is 0 Å². The van der Waals surface area contributed by atoms with E-state index in [9.17, 15) is 9.90 Å². The van der Waals surface area contributed by atoms with Crippen LogP contribution in [0.2, 0.25) is 0 Å². The molecule has 0 aromatic rings. The first kappa shape index (κ1) is 14.5. The predicted octanol–water partition coefficient (Wildman–Crippen LogP) is 1.12. The minimum Gasteiger partial charge on any atom is -0.389 e. The third kappa shape index (κ3) is 3.19. The fourth-order valence-electron chi connectivity index (χ4n) is 2.61. The zero-order valence-electron chi connectivity index (χ0n) is 11.5. The van der Waals surface area contributed by atoms with E-state index >= 15 is 0 Å². The average Bonchev–Trinajstić information content (AvgIpc) is 2.55. The van der Waals surface area contributed by atoms with Crippen molar-refractivity contribution >= 4 is 5.91 Å². The van der Waals surface area contributed by atoms with E-state index < -0.39 is 11.0 Å². The van der Waals surface area contributed by atoms with Crippen molar-refractivity contribution in [3.63, 3.8) is 0 Å². The molecular formula is C13H26N2O2. The molecule has 2 atom stereocenters. The van der Waals surface area contributed by atoms with Crippen LogP contribution in [0.5, 0.6) is 0 Å². The Morgan fingerprint density at radius 1 is 1.59 bits per heavy atom. The monoisotopic (exact) mass is 242 g/mol. The van der Waals surface area contributed by atoms with Gasteiger partial charge in [0.05, 0.1) is 11.0 Å². The van der Waals surface area contributed by atoms with Crippen LogP contribution in [0.1, 0.15) is 47.0 Å². The molecule has 17 heavy (non-hydrogen) atoms. The van der Waals surface area contributed by atoms with E-state index in [1.165, 1.54) is 0 Å². The summed E-state index contributed by atoms with van der Waals surface area (Å²) in [5, 5.41) is 9.84. The molecule has 0 bridgehead atoms. The van der Waals surface area contributed by atoms with E-state index in [0.29, 0.717) is 13.1 Å². The first-order chi connectivity index (χ1) is 7.70. The largest absolute Gasteiger partial charge is 0.389 e. The van der Waals surface area contributed by atoms with Gasteiger partial charge in [-0.1, -0.05) is 6.42 Å². The number of hydrogen-bond donors (Lipinski definition) is 2. The summed E-state index contributed by atoms with van der Waals surface area (Å²) in [7, 11) is 0. The van der Waals surface area contributed by atoms with Crippen LogP contribution in [0, 0.1) is 5.41 Å². The molecule has 4 heteroatoms. The van der Waals surface area contributed by atoms with Gasteiger partial charge in [0.1, 0.15) is 0 Å². The molecule has 4 nitrogen and oxygen atoms in total. The van der Waals surface area contributed by atoms with Crippen LogP contribution in [0.25, 0.3) is 0 Å². The molecule has 0 aromatic heterocycles. The quantitative estimate of drug-likeness (QED) is 0.776. The summed E-state index contributed by atoms with van der Waals surface area (Å²) in [6, 6.07) is -0.0501. The number of carbonyl (C=O) groups excluding carboxylic acids is 1. The van der Waals surface area contributed by atoms with Gasteiger partial charge in [-0.15, -0.1) is 0 Å². The van der Waals surface area contributed by atoms with Gasteiger partial charge >= 0.3 is 0 Å². The Hall–Kier alpha value is -0.610. The standard InChI is InChI=1S/C13H26N2O2/c1-5-15(9-12(2,3)17)11(16)13(4)8-6-7-10(13)14/h10,17H,5-9,14H2,1-4H3. The highest BCUT2D eigenvalue weighted by Crippen LogP contribution is 2.38. The van der Waals surface area contributed by atoms with Crippen LogP contribution >= 0.6 is 0 Å². The number of aliphatic hydroxyl groups is 1. The molecule has 1 amide bonds. The minimum atomic E-state index is -0.856. The lowest BCUT2D eigenvalue weighted by Crippen LogP contribution is -2.52. The third-order valence-electron chi connectivity index (χ3n) is 3.76. The zero-order chi connectivity index (χ0) is 13.3. The average molecular weight is 242 g/mol. The summed E-state index contributed by atoms with van der Waals surface area (Å²) in [6.07, 6.45) is 2.79. The van der Waals surface area contributed by atoms with Gasteiger partial charge in [-0.3, -0.25) is 4.79 Å². The van der Waals surface area contributed by atoms with Crippen molar-refractivity contribution in [3.8, 4) is 0 Å². The summed E-state index contributed by atoms with van der Waals surface area (Å²) >= 11 is 0. The van der Waals surface area contributed by atoms with Crippen molar-refractivity contribution in [1.82, 2.24) is 4.90 Å². The van der Waals surface area contributed by atoms with Crippen LogP contribution in [0.15, 0.2) is 0 Å². The summed E-state index contributed by atoms with van der Waals surface area (Å²) in [5.74, 6) is 0.0899. The van der Waals surface area contributed by atoms with Crippen LogP contribution < -0.4 is 5.73 Å². The Labute approximate surface area is 104 Å². The minimum absolute atomic E-state index is 0.0501. The second-order valence-corrected chi connectivity index (χ2v) is 6.05. The Balaban J connectivity index is 2.79. The number of nitrogens with zero attached hydrogens (tertiary/aromatic N) is 1. The van der Waals surface area contributed by atoms with E-state index in [1.807, 2.05) is 13.8 Å². The van der Waals surface area contributed by atoms with Gasteiger partial charge in [-0.25, -0.2) is 0 Å². The highest BCUT2D eigenvalue weighted by Gasteiger charge is 2.45. The lowest BCUT2D eigenvalue weighted by atomic mass is 9.83. The number of hydrogen-bond acceptors (Lipinski definition) is 3. The molecule has 0 aliphatic heterocycles. The molecule has 1 aliphatic rings. The van der Waals surface area contributed by atoms with Crippen molar-refractivity contribution in [2.24, 2.45) is 11.1 Å². The molecular weight excluding hydrogens is 216 g/mol. The lowest BCUT2D eigenvalue weighted by Gasteiger charge is -2.36. The van der Waals surface area contributed by atoms with Gasteiger partial charge in [0.2, 0.25) is 5.91 Å². The molecule has 100 valence electrons. The van der Waals surface area contributed by atoms with E-state index in [-0.39, 0.29) is 11.9 Å². The molecule has 3 N–H and O–H groups in total. The lowest BCUT2D eigenvalue weighted by molar-refractivity contribution is -0.144. The fourth-order valence-corrected chi connectivity index (χ4v) is 2.61. The molecule has 0 heterocycles. The summed E-state index contributed by atoms with van der Waals surface area (Å²) < 4.78 is 0. The van der Waals surface area contributed by atoms with Crippen molar-refractivity contribution < 1.29 is 9.90 Å². The first-order valence-electron chi connectivity index (χ1n) is 6.48. The van der Waals surface area contributed by atoms with E-state index in [0.717, 1.165) is 19.3 Å². The molecule has 1 rings (SSSR count). The normalized spacial score (nSPS) is 29.4. The number of carbonyl (C=O) groups is 1. The van der Waals surface area contributed by atoms with E-state index in [2.05, 4.69) is 0 Å². The summed E-state index contributed by atoms with van der Waals surface area (Å²) in [5.41, 5.74) is 4.76. The Bertz CT molecular complexity index is 286. The third-order valence-corrected chi connectivity index (χ3v) is 3.76. The first-order valence-corrected chi connectivity index (χ1v) is 6.48. The molecule has 1 aliphatic carbocycles. The Morgan fingerprint density at radius 3 is 2.53 bits per heavy atom. The molecule has 2 unspecified atom stereocenters. The Kier molecular flexibility index (Phi) is 4.20. The van der Waals surface area contributed by atoms with Gasteiger partial charge in [0.15, 0.2) is 0 Å². The molecule has 0 spiro atoms.